The molecule has 2 atom stereocenters. The fraction of sp³-hybridized carbons (Fsp3) is 0.375. The van der Waals surface area contributed by atoms with Crippen molar-refractivity contribution in [2.75, 3.05) is 0 Å². The molecular weight excluding hydrogens is 414 g/mol. The molecule has 0 spiro atoms. The SMILES string of the molecule is C=C[C@H](NC(=O)OCc1ccccc1)[C@H](O[Si](C)(C)C(C)(C)C)c1cccc(Cl)c1. The van der Waals surface area contributed by atoms with E-state index in [1.165, 1.54) is 0 Å². The molecule has 0 aliphatic heterocycles. The number of halogens is 1. The highest BCUT2D eigenvalue weighted by atomic mass is 35.5. The highest BCUT2D eigenvalue weighted by Crippen LogP contribution is 2.41. The zero-order valence-electron chi connectivity index (χ0n) is 18.4. The number of ether oxygens (including phenoxy) is 1. The summed E-state index contributed by atoms with van der Waals surface area (Å²) in [4.78, 5) is 12.5. The van der Waals surface area contributed by atoms with E-state index in [4.69, 9.17) is 20.8 Å². The number of rotatable bonds is 8. The lowest BCUT2D eigenvalue weighted by molar-refractivity contribution is 0.116. The number of carbonyl (C=O) groups is 1. The molecule has 0 saturated carbocycles. The van der Waals surface area contributed by atoms with Gasteiger partial charge in [-0.2, -0.15) is 0 Å². The van der Waals surface area contributed by atoms with Gasteiger partial charge in [-0.1, -0.05) is 80.9 Å². The topological polar surface area (TPSA) is 47.6 Å². The summed E-state index contributed by atoms with van der Waals surface area (Å²) in [5, 5.41) is 3.52. The van der Waals surface area contributed by atoms with Gasteiger partial charge >= 0.3 is 6.09 Å². The predicted octanol–water partition coefficient (Wildman–Crippen LogP) is 6.88. The quantitative estimate of drug-likeness (QED) is 0.355. The second-order valence-electron chi connectivity index (χ2n) is 8.82. The second kappa shape index (κ2) is 10.3. The van der Waals surface area contributed by atoms with E-state index in [0.29, 0.717) is 5.02 Å². The summed E-state index contributed by atoms with van der Waals surface area (Å²) in [6.45, 7) is 15.0. The van der Waals surface area contributed by atoms with Gasteiger partial charge in [-0.15, -0.1) is 6.58 Å². The van der Waals surface area contributed by atoms with Crippen molar-refractivity contribution in [3.05, 3.63) is 83.4 Å². The van der Waals surface area contributed by atoms with Gasteiger partial charge in [-0.05, 0) is 41.4 Å². The summed E-state index contributed by atoms with van der Waals surface area (Å²) in [5.41, 5.74) is 1.81. The number of benzene rings is 2. The molecule has 0 unspecified atom stereocenters. The highest BCUT2D eigenvalue weighted by molar-refractivity contribution is 6.74. The van der Waals surface area contributed by atoms with Gasteiger partial charge in [0.05, 0.1) is 12.1 Å². The Morgan fingerprint density at radius 1 is 1.17 bits per heavy atom. The Morgan fingerprint density at radius 2 is 1.83 bits per heavy atom. The van der Waals surface area contributed by atoms with Gasteiger partial charge < -0.3 is 14.5 Å². The third-order valence-corrected chi connectivity index (χ3v) is 10.2. The largest absolute Gasteiger partial charge is 0.445 e. The van der Waals surface area contributed by atoms with Gasteiger partial charge in [-0.3, -0.25) is 0 Å². The number of carbonyl (C=O) groups excluding carboxylic acids is 1. The summed E-state index contributed by atoms with van der Waals surface area (Å²) >= 11 is 6.24. The first-order valence-electron chi connectivity index (χ1n) is 10.1. The molecule has 0 heterocycles. The van der Waals surface area contributed by atoms with Crippen LogP contribution in [0.2, 0.25) is 23.2 Å². The Hall–Kier alpha value is -2.08. The Kier molecular flexibility index (Phi) is 8.30. The molecular formula is C24H32ClNO3Si. The van der Waals surface area contributed by atoms with Crippen molar-refractivity contribution in [3.8, 4) is 0 Å². The van der Waals surface area contributed by atoms with Crippen LogP contribution in [0.5, 0.6) is 0 Å². The third-order valence-electron chi connectivity index (χ3n) is 5.48. The number of nitrogens with one attached hydrogen (secondary N) is 1. The molecule has 6 heteroatoms. The molecule has 0 radical (unpaired) electrons. The van der Waals surface area contributed by atoms with Crippen molar-refractivity contribution in [1.29, 1.82) is 0 Å². The first-order chi connectivity index (χ1) is 14.0. The fourth-order valence-corrected chi connectivity index (χ4v) is 4.16. The van der Waals surface area contributed by atoms with Crippen LogP contribution in [0, 0.1) is 0 Å². The molecule has 0 aliphatic carbocycles. The van der Waals surface area contributed by atoms with Crippen molar-refractivity contribution in [3.63, 3.8) is 0 Å². The zero-order valence-corrected chi connectivity index (χ0v) is 20.2. The summed E-state index contributed by atoms with van der Waals surface area (Å²) in [6.07, 6.45) is 0.739. The van der Waals surface area contributed by atoms with Gasteiger partial charge in [0, 0.05) is 5.02 Å². The van der Waals surface area contributed by atoms with E-state index < -0.39 is 26.6 Å². The Balaban J connectivity index is 2.21. The molecule has 162 valence electrons. The molecule has 0 saturated heterocycles. The molecule has 4 nitrogen and oxygen atoms in total. The molecule has 2 aromatic carbocycles. The second-order valence-corrected chi connectivity index (χ2v) is 14.0. The molecule has 1 N–H and O–H groups in total. The van der Waals surface area contributed by atoms with Crippen LogP contribution in [0.15, 0.2) is 67.3 Å². The minimum atomic E-state index is -2.15. The highest BCUT2D eigenvalue weighted by Gasteiger charge is 2.41. The minimum absolute atomic E-state index is 0.00334. The molecule has 2 rings (SSSR count). The van der Waals surface area contributed by atoms with E-state index >= 15 is 0 Å². The molecule has 30 heavy (non-hydrogen) atoms. The van der Waals surface area contributed by atoms with Crippen LogP contribution < -0.4 is 5.32 Å². The molecule has 0 aliphatic rings. The predicted molar refractivity (Wildman–Crippen MR) is 126 cm³/mol. The van der Waals surface area contributed by atoms with E-state index in [1.54, 1.807) is 6.08 Å². The van der Waals surface area contributed by atoms with Crippen molar-refractivity contribution in [1.82, 2.24) is 5.32 Å². The molecule has 0 bridgehead atoms. The maximum atomic E-state index is 12.5. The number of amides is 1. The Labute approximate surface area is 186 Å². The van der Waals surface area contributed by atoms with Crippen LogP contribution in [-0.4, -0.2) is 20.5 Å². The first-order valence-corrected chi connectivity index (χ1v) is 13.3. The minimum Gasteiger partial charge on any atom is -0.445 e. The van der Waals surface area contributed by atoms with Crippen LogP contribution in [-0.2, 0) is 15.8 Å². The average molecular weight is 446 g/mol. The molecule has 0 fully saturated rings. The van der Waals surface area contributed by atoms with Gasteiger partial charge in [0.2, 0.25) is 0 Å². The standard InChI is InChI=1S/C24H32ClNO3Si/c1-7-21(26-23(27)28-17-18-12-9-8-10-13-18)22(19-14-11-15-20(25)16-19)29-30(5,6)24(2,3)4/h7-16,21-22H,1,17H2,2-6H3,(H,26,27)/t21-,22+/m0/s1. The Morgan fingerprint density at radius 3 is 2.40 bits per heavy atom. The maximum Gasteiger partial charge on any atom is 0.408 e. The molecule has 2 aromatic rings. The van der Waals surface area contributed by atoms with E-state index in [1.807, 2.05) is 54.6 Å². The van der Waals surface area contributed by atoms with Crippen molar-refractivity contribution in [2.24, 2.45) is 0 Å². The van der Waals surface area contributed by atoms with E-state index in [0.717, 1.165) is 11.1 Å². The van der Waals surface area contributed by atoms with E-state index in [-0.39, 0.29) is 11.6 Å². The van der Waals surface area contributed by atoms with Gasteiger partial charge in [0.15, 0.2) is 8.32 Å². The third kappa shape index (κ3) is 6.72. The number of hydrogen-bond donors (Lipinski definition) is 1. The lowest BCUT2D eigenvalue weighted by Crippen LogP contribution is -2.47. The van der Waals surface area contributed by atoms with Crippen LogP contribution in [0.25, 0.3) is 0 Å². The van der Waals surface area contributed by atoms with E-state index in [9.17, 15) is 4.79 Å². The van der Waals surface area contributed by atoms with Crippen molar-refractivity contribution < 1.29 is 14.0 Å². The monoisotopic (exact) mass is 445 g/mol. The van der Waals surface area contributed by atoms with Crippen molar-refractivity contribution in [2.45, 2.75) is 57.7 Å². The fourth-order valence-electron chi connectivity index (χ4n) is 2.69. The summed E-state index contributed by atoms with van der Waals surface area (Å²) in [7, 11) is -2.15. The summed E-state index contributed by atoms with van der Waals surface area (Å²) in [6, 6.07) is 16.6. The zero-order chi connectivity index (χ0) is 22.4. The number of alkyl carbamates (subject to hydrolysis) is 1. The normalized spacial score (nSPS) is 13.9. The summed E-state index contributed by atoms with van der Waals surface area (Å²) in [5.74, 6) is 0. The Bertz CT molecular complexity index is 849. The van der Waals surface area contributed by atoms with Crippen molar-refractivity contribution >= 4 is 26.0 Å². The van der Waals surface area contributed by atoms with E-state index in [2.05, 4.69) is 45.8 Å². The van der Waals surface area contributed by atoms with Gasteiger partial charge in [0.1, 0.15) is 6.61 Å². The average Bonchev–Trinajstić information content (AvgIpc) is 2.69. The summed E-state index contributed by atoms with van der Waals surface area (Å²) < 4.78 is 12.1. The molecule has 1 amide bonds. The van der Waals surface area contributed by atoms with Crippen LogP contribution in [0.3, 0.4) is 0 Å². The maximum absolute atomic E-state index is 12.5. The first kappa shape index (κ1) is 24.2. The van der Waals surface area contributed by atoms with Gasteiger partial charge in [0.25, 0.3) is 0 Å². The van der Waals surface area contributed by atoms with Crippen LogP contribution >= 0.6 is 11.6 Å². The lowest BCUT2D eigenvalue weighted by atomic mass is 10.0. The van der Waals surface area contributed by atoms with Gasteiger partial charge in [-0.25, -0.2) is 4.79 Å². The van der Waals surface area contributed by atoms with Crippen LogP contribution in [0.1, 0.15) is 38.0 Å². The number of hydrogen-bond acceptors (Lipinski definition) is 3. The van der Waals surface area contributed by atoms with Crippen LogP contribution in [0.4, 0.5) is 4.79 Å². The molecule has 0 aromatic heterocycles. The lowest BCUT2D eigenvalue weighted by Gasteiger charge is -2.41. The smallest absolute Gasteiger partial charge is 0.408 e.